The largest absolute Gasteiger partial charge is 0.355 e. The number of nitrogens with zero attached hydrogens (tertiary/aromatic N) is 4. The number of piperidine rings is 1. The van der Waals surface area contributed by atoms with E-state index in [0.717, 1.165) is 24.6 Å². The van der Waals surface area contributed by atoms with Crippen molar-refractivity contribution in [1.29, 1.82) is 0 Å². The van der Waals surface area contributed by atoms with Crippen molar-refractivity contribution >= 4 is 41.5 Å². The number of aromatic nitrogens is 2. The first kappa shape index (κ1) is 21.9. The summed E-state index contributed by atoms with van der Waals surface area (Å²) in [5, 5.41) is 11.2. The van der Waals surface area contributed by atoms with Crippen LogP contribution < -0.4 is 10.6 Å². The fraction of sp³-hybridized carbons (Fsp3) is 0.500. The van der Waals surface area contributed by atoms with Crippen LogP contribution in [0.1, 0.15) is 25.2 Å². The first-order chi connectivity index (χ1) is 12.7. The van der Waals surface area contributed by atoms with Gasteiger partial charge in [-0.1, -0.05) is 23.2 Å². The van der Waals surface area contributed by atoms with Gasteiger partial charge in [-0.2, -0.15) is 4.98 Å². The van der Waals surface area contributed by atoms with E-state index in [4.69, 9.17) is 16.1 Å². The van der Waals surface area contributed by atoms with Gasteiger partial charge in [-0.15, -0.1) is 24.0 Å². The molecule has 1 aliphatic rings. The molecule has 0 unspecified atom stereocenters. The van der Waals surface area contributed by atoms with Gasteiger partial charge in [0.25, 0.3) is 0 Å². The number of hydrogen-bond acceptors (Lipinski definition) is 5. The monoisotopic (exact) mass is 504 g/mol. The van der Waals surface area contributed by atoms with Gasteiger partial charge >= 0.3 is 0 Å². The van der Waals surface area contributed by atoms with E-state index in [1.165, 1.54) is 32.4 Å². The Hall–Kier alpha value is -1.39. The number of guanidine groups is 1. The van der Waals surface area contributed by atoms with Gasteiger partial charge in [0.2, 0.25) is 11.7 Å². The molecule has 7 nitrogen and oxygen atoms in total. The van der Waals surface area contributed by atoms with Crippen LogP contribution in [-0.2, 0) is 6.54 Å². The predicted molar refractivity (Wildman–Crippen MR) is 119 cm³/mol. The highest BCUT2D eigenvalue weighted by Gasteiger charge is 2.11. The third kappa shape index (κ3) is 6.93. The molecule has 1 aliphatic heterocycles. The second-order valence-corrected chi connectivity index (χ2v) is 6.71. The topological polar surface area (TPSA) is 78.6 Å². The average Bonchev–Trinajstić information content (AvgIpc) is 3.15. The van der Waals surface area contributed by atoms with Crippen LogP contribution in [0.4, 0.5) is 0 Å². The Labute approximate surface area is 182 Å². The Morgan fingerprint density at radius 1 is 1.19 bits per heavy atom. The quantitative estimate of drug-likeness (QED) is 0.357. The molecule has 1 saturated heterocycles. The molecule has 9 heteroatoms. The van der Waals surface area contributed by atoms with Crippen LogP contribution in [-0.4, -0.2) is 54.2 Å². The van der Waals surface area contributed by atoms with Gasteiger partial charge < -0.3 is 20.1 Å². The number of aliphatic imine (C=N–C) groups is 1. The second kappa shape index (κ2) is 11.5. The maximum atomic E-state index is 5.90. The smallest absolute Gasteiger partial charge is 0.246 e. The van der Waals surface area contributed by atoms with Crippen molar-refractivity contribution in [2.24, 2.45) is 4.99 Å². The van der Waals surface area contributed by atoms with Crippen molar-refractivity contribution in [3.05, 3.63) is 35.2 Å². The van der Waals surface area contributed by atoms with Crippen LogP contribution in [0.5, 0.6) is 0 Å². The maximum absolute atomic E-state index is 5.90. The SMILES string of the molecule is CN=C(NCCN1CCCCC1)NCc1nc(-c2ccc(Cl)cc2)no1.I. The zero-order valence-corrected chi connectivity index (χ0v) is 18.5. The lowest BCUT2D eigenvalue weighted by Crippen LogP contribution is -2.42. The van der Waals surface area contributed by atoms with Crippen LogP contribution >= 0.6 is 35.6 Å². The van der Waals surface area contributed by atoms with E-state index < -0.39 is 0 Å². The summed E-state index contributed by atoms with van der Waals surface area (Å²) in [6.07, 6.45) is 3.97. The standard InChI is InChI=1S/C18H25ClN6O.HI/c1-20-18(21-9-12-25-10-3-2-4-11-25)22-13-16-23-17(24-26-16)14-5-7-15(19)8-6-14;/h5-8H,2-4,9-13H2,1H3,(H2,20,21,22);1H. The van der Waals surface area contributed by atoms with Gasteiger partial charge in [0.05, 0.1) is 6.54 Å². The number of halogens is 2. The molecule has 0 bridgehead atoms. The van der Waals surface area contributed by atoms with Crippen molar-refractivity contribution in [3.8, 4) is 11.4 Å². The molecule has 3 rings (SSSR count). The predicted octanol–water partition coefficient (Wildman–Crippen LogP) is 3.16. The highest BCUT2D eigenvalue weighted by atomic mass is 127. The van der Waals surface area contributed by atoms with Crippen LogP contribution in [0.2, 0.25) is 5.02 Å². The summed E-state index contributed by atoms with van der Waals surface area (Å²) >= 11 is 5.90. The third-order valence-corrected chi connectivity index (χ3v) is 4.62. The molecule has 0 saturated carbocycles. The zero-order valence-electron chi connectivity index (χ0n) is 15.4. The van der Waals surface area contributed by atoms with Crippen LogP contribution in [0.25, 0.3) is 11.4 Å². The normalized spacial score (nSPS) is 15.3. The molecule has 0 spiro atoms. The molecule has 2 N–H and O–H groups in total. The van der Waals surface area contributed by atoms with Crippen LogP contribution in [0.15, 0.2) is 33.8 Å². The Bertz CT molecular complexity index is 715. The minimum Gasteiger partial charge on any atom is -0.355 e. The van der Waals surface area contributed by atoms with Gasteiger partial charge in [0.15, 0.2) is 5.96 Å². The van der Waals surface area contributed by atoms with Gasteiger partial charge in [-0.05, 0) is 50.2 Å². The van der Waals surface area contributed by atoms with Crippen molar-refractivity contribution in [2.75, 3.05) is 33.2 Å². The Morgan fingerprint density at radius 2 is 1.93 bits per heavy atom. The van der Waals surface area contributed by atoms with Gasteiger partial charge in [0, 0.05) is 30.7 Å². The Balaban J connectivity index is 0.00000261. The van der Waals surface area contributed by atoms with Crippen molar-refractivity contribution in [1.82, 2.24) is 25.7 Å². The highest BCUT2D eigenvalue weighted by molar-refractivity contribution is 14.0. The Kier molecular flexibility index (Phi) is 9.29. The zero-order chi connectivity index (χ0) is 18.2. The number of likely N-dealkylation sites (tertiary alicyclic amines) is 1. The van der Waals surface area contributed by atoms with Crippen molar-refractivity contribution in [2.45, 2.75) is 25.8 Å². The number of benzene rings is 1. The molecular formula is C18H26ClIN6O. The summed E-state index contributed by atoms with van der Waals surface area (Å²) < 4.78 is 5.30. The molecule has 2 aromatic rings. The fourth-order valence-corrected chi connectivity index (χ4v) is 3.06. The van der Waals surface area contributed by atoms with Crippen LogP contribution in [0.3, 0.4) is 0 Å². The first-order valence-electron chi connectivity index (χ1n) is 9.00. The first-order valence-corrected chi connectivity index (χ1v) is 9.38. The molecular weight excluding hydrogens is 479 g/mol. The van der Waals surface area contributed by atoms with E-state index in [1.807, 2.05) is 12.1 Å². The summed E-state index contributed by atoms with van der Waals surface area (Å²) in [6, 6.07) is 7.34. The molecule has 0 amide bonds. The average molecular weight is 505 g/mol. The lowest BCUT2D eigenvalue weighted by atomic mass is 10.1. The molecule has 1 aromatic heterocycles. The van der Waals surface area contributed by atoms with E-state index in [0.29, 0.717) is 23.3 Å². The lowest BCUT2D eigenvalue weighted by molar-refractivity contribution is 0.232. The lowest BCUT2D eigenvalue weighted by Gasteiger charge is -2.26. The van der Waals surface area contributed by atoms with E-state index >= 15 is 0 Å². The molecule has 2 heterocycles. The fourth-order valence-electron chi connectivity index (χ4n) is 2.94. The molecule has 1 fully saturated rings. The van der Waals surface area contributed by atoms with Crippen molar-refractivity contribution in [3.63, 3.8) is 0 Å². The van der Waals surface area contributed by atoms with E-state index in [9.17, 15) is 0 Å². The highest BCUT2D eigenvalue weighted by Crippen LogP contribution is 2.18. The molecule has 1 aromatic carbocycles. The molecule has 27 heavy (non-hydrogen) atoms. The third-order valence-electron chi connectivity index (χ3n) is 4.37. The van der Waals surface area contributed by atoms with Crippen LogP contribution in [0, 0.1) is 0 Å². The summed E-state index contributed by atoms with van der Waals surface area (Å²) in [5.74, 6) is 1.79. The molecule has 148 valence electrons. The van der Waals surface area contributed by atoms with Gasteiger partial charge in [-0.25, -0.2) is 0 Å². The van der Waals surface area contributed by atoms with E-state index in [1.54, 1.807) is 19.2 Å². The molecule has 0 aliphatic carbocycles. The minimum atomic E-state index is 0. The summed E-state index contributed by atoms with van der Waals surface area (Å²) in [6.45, 7) is 4.71. The summed E-state index contributed by atoms with van der Waals surface area (Å²) in [7, 11) is 1.75. The summed E-state index contributed by atoms with van der Waals surface area (Å²) in [4.78, 5) is 11.1. The Morgan fingerprint density at radius 3 is 2.63 bits per heavy atom. The molecule has 0 atom stereocenters. The number of rotatable bonds is 6. The second-order valence-electron chi connectivity index (χ2n) is 6.27. The van der Waals surface area contributed by atoms with E-state index in [2.05, 4.69) is 30.7 Å². The molecule has 0 radical (unpaired) electrons. The minimum absolute atomic E-state index is 0. The van der Waals surface area contributed by atoms with Crippen molar-refractivity contribution < 1.29 is 4.52 Å². The van der Waals surface area contributed by atoms with Gasteiger partial charge in [-0.3, -0.25) is 4.99 Å². The number of hydrogen-bond donors (Lipinski definition) is 2. The van der Waals surface area contributed by atoms with Gasteiger partial charge in [0.1, 0.15) is 0 Å². The summed E-state index contributed by atoms with van der Waals surface area (Å²) in [5.41, 5.74) is 0.869. The maximum Gasteiger partial charge on any atom is 0.246 e. The van der Waals surface area contributed by atoms with E-state index in [-0.39, 0.29) is 24.0 Å². The number of nitrogens with one attached hydrogen (secondary N) is 2.